The minimum Gasteiger partial charge on any atom is -0.497 e. The maximum absolute atomic E-state index is 11.8. The lowest BCUT2D eigenvalue weighted by Gasteiger charge is -2.12. The van der Waals surface area contributed by atoms with Crippen LogP contribution < -0.4 is 20.5 Å². The van der Waals surface area contributed by atoms with Gasteiger partial charge in [-0.2, -0.15) is 0 Å². The van der Waals surface area contributed by atoms with Crippen LogP contribution in [0.15, 0.2) is 42.6 Å². The summed E-state index contributed by atoms with van der Waals surface area (Å²) in [5.41, 5.74) is 6.52. The van der Waals surface area contributed by atoms with Crippen molar-refractivity contribution in [1.82, 2.24) is 10.3 Å². The van der Waals surface area contributed by atoms with E-state index in [1.807, 2.05) is 0 Å². The van der Waals surface area contributed by atoms with Gasteiger partial charge < -0.3 is 25.3 Å². The average Bonchev–Trinajstić information content (AvgIpc) is 2.61. The molecule has 0 radical (unpaired) electrons. The fourth-order valence-electron chi connectivity index (χ4n) is 1.96. The van der Waals surface area contributed by atoms with E-state index in [4.69, 9.17) is 19.9 Å². The van der Waals surface area contributed by atoms with Crippen molar-refractivity contribution < 1.29 is 19.0 Å². The highest BCUT2D eigenvalue weighted by molar-refractivity contribution is 5.81. The molecule has 0 aliphatic heterocycles. The molecule has 0 saturated carbocycles. The predicted molar refractivity (Wildman–Crippen MR) is 89.0 cm³/mol. The molecule has 1 atom stereocenters. The van der Waals surface area contributed by atoms with E-state index in [1.165, 1.54) is 7.11 Å². The van der Waals surface area contributed by atoms with E-state index in [9.17, 15) is 4.79 Å². The summed E-state index contributed by atoms with van der Waals surface area (Å²) in [6.45, 7) is 0.506. The normalized spacial score (nSPS) is 11.6. The number of ether oxygens (including phenoxy) is 3. The van der Waals surface area contributed by atoms with Gasteiger partial charge in [-0.15, -0.1) is 0 Å². The summed E-state index contributed by atoms with van der Waals surface area (Å²) < 4.78 is 15.6. The third kappa shape index (κ3) is 5.22. The molecule has 0 aliphatic carbocycles. The first-order valence-electron chi connectivity index (χ1n) is 7.41. The number of carbonyl (C=O) groups is 1. The van der Waals surface area contributed by atoms with E-state index in [0.717, 1.165) is 11.3 Å². The average molecular weight is 331 g/mol. The molecule has 128 valence electrons. The fraction of sp³-hybridized carbons (Fsp3) is 0.294. The van der Waals surface area contributed by atoms with Crippen LogP contribution in [0.3, 0.4) is 0 Å². The Morgan fingerprint density at radius 3 is 2.58 bits per heavy atom. The van der Waals surface area contributed by atoms with Gasteiger partial charge in [-0.1, -0.05) is 0 Å². The van der Waals surface area contributed by atoms with Crippen molar-refractivity contribution in [2.45, 2.75) is 12.6 Å². The summed E-state index contributed by atoms with van der Waals surface area (Å²) in [6.07, 6.45) is 1.62. The van der Waals surface area contributed by atoms with Gasteiger partial charge in [0.2, 0.25) is 11.8 Å². The highest BCUT2D eigenvalue weighted by Gasteiger charge is 2.12. The first-order chi connectivity index (χ1) is 11.6. The van der Waals surface area contributed by atoms with Crippen LogP contribution in [0.2, 0.25) is 0 Å². The van der Waals surface area contributed by atoms with Crippen LogP contribution >= 0.6 is 0 Å². The molecule has 2 aromatic rings. The number of amides is 1. The molecule has 7 heteroatoms. The molecule has 1 unspecified atom stereocenters. The number of nitrogens with zero attached hydrogens (tertiary/aromatic N) is 1. The van der Waals surface area contributed by atoms with Crippen molar-refractivity contribution in [3.05, 3.63) is 48.2 Å². The van der Waals surface area contributed by atoms with Gasteiger partial charge in [0.05, 0.1) is 13.7 Å². The van der Waals surface area contributed by atoms with E-state index in [-0.39, 0.29) is 12.5 Å². The van der Waals surface area contributed by atoms with E-state index in [0.29, 0.717) is 18.2 Å². The number of nitrogens with one attached hydrogen (secondary N) is 1. The molecule has 2 rings (SSSR count). The molecule has 3 N–H and O–H groups in total. The molecule has 1 heterocycles. The molecular formula is C17H21N3O4. The van der Waals surface area contributed by atoms with E-state index in [2.05, 4.69) is 10.3 Å². The smallest absolute Gasteiger partial charge is 0.239 e. The SMILES string of the molecule is COCC(N)C(=O)NCc1ccnc(Oc2ccc(OC)cc2)c1. The number of pyridine rings is 1. The Balaban J connectivity index is 1.94. The summed E-state index contributed by atoms with van der Waals surface area (Å²) >= 11 is 0. The molecule has 0 spiro atoms. The Hall–Kier alpha value is -2.64. The van der Waals surface area contributed by atoms with Gasteiger partial charge in [0, 0.05) is 25.9 Å². The second-order valence-corrected chi connectivity index (χ2v) is 5.06. The van der Waals surface area contributed by atoms with E-state index in [1.54, 1.807) is 49.7 Å². The van der Waals surface area contributed by atoms with Crippen LogP contribution in [-0.4, -0.2) is 37.8 Å². The van der Waals surface area contributed by atoms with Crippen LogP contribution in [0, 0.1) is 0 Å². The first-order valence-corrected chi connectivity index (χ1v) is 7.41. The molecule has 0 fully saturated rings. The molecule has 0 saturated heterocycles. The van der Waals surface area contributed by atoms with Crippen molar-refractivity contribution in [3.63, 3.8) is 0 Å². The number of hydrogen-bond acceptors (Lipinski definition) is 6. The molecule has 0 aliphatic rings. The maximum atomic E-state index is 11.8. The molecule has 24 heavy (non-hydrogen) atoms. The van der Waals surface area contributed by atoms with Gasteiger partial charge in [0.1, 0.15) is 17.5 Å². The third-order valence-electron chi connectivity index (χ3n) is 3.23. The van der Waals surface area contributed by atoms with Crippen LogP contribution in [0.25, 0.3) is 0 Å². The Labute approximate surface area is 140 Å². The number of rotatable bonds is 8. The molecule has 1 aromatic heterocycles. The van der Waals surface area contributed by atoms with Gasteiger partial charge in [0.15, 0.2) is 0 Å². The third-order valence-corrected chi connectivity index (χ3v) is 3.23. The summed E-state index contributed by atoms with van der Waals surface area (Å²) in [6, 6.07) is 10.0. The number of carbonyl (C=O) groups excluding carboxylic acids is 1. The minimum absolute atomic E-state index is 0.175. The highest BCUT2D eigenvalue weighted by atomic mass is 16.5. The molecule has 7 nitrogen and oxygen atoms in total. The van der Waals surface area contributed by atoms with Gasteiger partial charge in [-0.3, -0.25) is 4.79 Å². The summed E-state index contributed by atoms with van der Waals surface area (Å²) in [4.78, 5) is 15.9. The lowest BCUT2D eigenvalue weighted by atomic mass is 10.2. The second-order valence-electron chi connectivity index (χ2n) is 5.06. The number of methoxy groups -OCH3 is 2. The largest absolute Gasteiger partial charge is 0.497 e. The van der Waals surface area contributed by atoms with Crippen molar-refractivity contribution >= 4 is 5.91 Å². The Kier molecular flexibility index (Phi) is 6.53. The Morgan fingerprint density at radius 1 is 1.21 bits per heavy atom. The molecule has 1 aromatic carbocycles. The summed E-state index contributed by atoms with van der Waals surface area (Å²) in [5, 5.41) is 2.75. The van der Waals surface area contributed by atoms with Crippen molar-refractivity contribution in [3.8, 4) is 17.4 Å². The zero-order valence-corrected chi connectivity index (χ0v) is 13.7. The van der Waals surface area contributed by atoms with E-state index >= 15 is 0 Å². The molecular weight excluding hydrogens is 310 g/mol. The standard InChI is InChI=1S/C17H21N3O4/c1-22-11-15(18)17(21)20-10-12-7-8-19-16(9-12)24-14-5-3-13(23-2)4-6-14/h3-9,15H,10-11,18H2,1-2H3,(H,20,21). The number of aromatic nitrogens is 1. The second kappa shape index (κ2) is 8.85. The fourth-order valence-corrected chi connectivity index (χ4v) is 1.96. The van der Waals surface area contributed by atoms with Crippen LogP contribution in [0.1, 0.15) is 5.56 Å². The monoisotopic (exact) mass is 331 g/mol. The first kappa shape index (κ1) is 17.7. The number of hydrogen-bond donors (Lipinski definition) is 2. The van der Waals surface area contributed by atoms with Crippen LogP contribution in [0.4, 0.5) is 0 Å². The molecule has 0 bridgehead atoms. The summed E-state index contributed by atoms with van der Waals surface area (Å²) in [7, 11) is 3.10. The lowest BCUT2D eigenvalue weighted by molar-refractivity contribution is -0.123. The van der Waals surface area contributed by atoms with Crippen molar-refractivity contribution in [2.24, 2.45) is 5.73 Å². The lowest BCUT2D eigenvalue weighted by Crippen LogP contribution is -2.43. The number of benzene rings is 1. The van der Waals surface area contributed by atoms with Crippen molar-refractivity contribution in [2.75, 3.05) is 20.8 Å². The van der Waals surface area contributed by atoms with Gasteiger partial charge >= 0.3 is 0 Å². The number of nitrogens with two attached hydrogens (primary N) is 1. The zero-order valence-electron chi connectivity index (χ0n) is 13.7. The van der Waals surface area contributed by atoms with Crippen LogP contribution in [-0.2, 0) is 16.1 Å². The van der Waals surface area contributed by atoms with Gasteiger partial charge in [-0.25, -0.2) is 4.98 Å². The Morgan fingerprint density at radius 2 is 1.92 bits per heavy atom. The predicted octanol–water partition coefficient (Wildman–Crippen LogP) is 1.47. The van der Waals surface area contributed by atoms with Crippen LogP contribution in [0.5, 0.6) is 17.4 Å². The maximum Gasteiger partial charge on any atom is 0.239 e. The van der Waals surface area contributed by atoms with E-state index < -0.39 is 6.04 Å². The minimum atomic E-state index is -0.688. The van der Waals surface area contributed by atoms with Gasteiger partial charge in [-0.05, 0) is 35.9 Å². The highest BCUT2D eigenvalue weighted by Crippen LogP contribution is 2.22. The van der Waals surface area contributed by atoms with Gasteiger partial charge in [0.25, 0.3) is 0 Å². The summed E-state index contributed by atoms with van der Waals surface area (Å²) in [5.74, 6) is 1.56. The Bertz CT molecular complexity index is 661. The molecule has 1 amide bonds. The zero-order chi connectivity index (χ0) is 17.4. The van der Waals surface area contributed by atoms with Crippen molar-refractivity contribution in [1.29, 1.82) is 0 Å². The topological polar surface area (TPSA) is 95.7 Å². The quantitative estimate of drug-likeness (QED) is 0.760.